The second-order valence-corrected chi connectivity index (χ2v) is 10.4. The number of nitrogens with one attached hydrogen (secondary N) is 3. The number of halogens is 1. The summed E-state index contributed by atoms with van der Waals surface area (Å²) in [6.07, 6.45) is 5.03. The summed E-state index contributed by atoms with van der Waals surface area (Å²) in [6.45, 7) is 10.3. The van der Waals surface area contributed by atoms with E-state index >= 15 is 0 Å². The predicted octanol–water partition coefficient (Wildman–Crippen LogP) is 5.26. The van der Waals surface area contributed by atoms with Gasteiger partial charge in [0.1, 0.15) is 23.4 Å². The lowest BCUT2D eigenvalue weighted by Gasteiger charge is -2.32. The number of benzene rings is 1. The maximum Gasteiger partial charge on any atom is 0.407 e. The van der Waals surface area contributed by atoms with Gasteiger partial charge >= 0.3 is 6.09 Å². The highest BCUT2D eigenvalue weighted by molar-refractivity contribution is 9.10. The predicted molar refractivity (Wildman–Crippen MR) is 134 cm³/mol. The van der Waals surface area contributed by atoms with Crippen LogP contribution in [0, 0.1) is 6.92 Å². The quantitative estimate of drug-likeness (QED) is 0.429. The first-order valence-electron chi connectivity index (χ1n) is 11.2. The van der Waals surface area contributed by atoms with E-state index in [1.54, 1.807) is 6.33 Å². The van der Waals surface area contributed by atoms with Crippen molar-refractivity contribution < 1.29 is 9.53 Å². The van der Waals surface area contributed by atoms with Crippen molar-refractivity contribution in [1.29, 1.82) is 0 Å². The first-order chi connectivity index (χ1) is 15.7. The molecule has 8 nitrogen and oxygen atoms in total. The number of hydrogen-bond acceptors (Lipinski definition) is 6. The van der Waals surface area contributed by atoms with Crippen molar-refractivity contribution >= 4 is 44.6 Å². The number of piperidine rings is 1. The Morgan fingerprint density at radius 1 is 1.27 bits per heavy atom. The number of aryl methyl sites for hydroxylation is 1. The molecule has 0 radical (unpaired) electrons. The second kappa shape index (κ2) is 9.69. The third kappa shape index (κ3) is 6.03. The Morgan fingerprint density at radius 3 is 2.73 bits per heavy atom. The maximum atomic E-state index is 12.1. The molecule has 1 aliphatic rings. The lowest BCUT2D eigenvalue weighted by molar-refractivity contribution is 0.0477. The SMILES string of the molecule is Cc1ccc(Nc2ncnc3[nH]cc(CN4CCC(NC(=O)OC(C)(C)C)CC4)c23)cc1Br. The summed E-state index contributed by atoms with van der Waals surface area (Å²) in [5.41, 5.74) is 3.63. The van der Waals surface area contributed by atoms with Gasteiger partial charge in [-0.3, -0.25) is 4.90 Å². The molecule has 1 fully saturated rings. The Bertz CT molecular complexity index is 1130. The Kier molecular flexibility index (Phi) is 6.90. The average Bonchev–Trinajstić information content (AvgIpc) is 3.15. The van der Waals surface area contributed by atoms with Gasteiger partial charge in [-0.25, -0.2) is 14.8 Å². The molecule has 1 amide bonds. The van der Waals surface area contributed by atoms with Crippen molar-refractivity contribution in [3.05, 3.63) is 46.3 Å². The van der Waals surface area contributed by atoms with Gasteiger partial charge < -0.3 is 20.4 Å². The van der Waals surface area contributed by atoms with Crippen molar-refractivity contribution in [3.63, 3.8) is 0 Å². The Labute approximate surface area is 202 Å². The molecule has 3 aromatic rings. The third-order valence-corrected chi connectivity index (χ3v) is 6.54. The number of nitrogens with zero attached hydrogens (tertiary/aromatic N) is 3. The van der Waals surface area contributed by atoms with E-state index in [2.05, 4.69) is 65.5 Å². The van der Waals surface area contributed by atoms with E-state index in [1.165, 1.54) is 5.56 Å². The molecule has 0 unspecified atom stereocenters. The number of fused-ring (bicyclic) bond motifs is 1. The summed E-state index contributed by atoms with van der Waals surface area (Å²) in [6, 6.07) is 6.30. The van der Waals surface area contributed by atoms with Crippen molar-refractivity contribution in [2.75, 3.05) is 18.4 Å². The minimum Gasteiger partial charge on any atom is -0.444 e. The van der Waals surface area contributed by atoms with Crippen LogP contribution >= 0.6 is 15.9 Å². The van der Waals surface area contributed by atoms with Crippen LogP contribution in [0.5, 0.6) is 0 Å². The standard InChI is InChI=1S/C24H31BrN6O2/c1-15-5-6-18(11-19(15)25)29-22-20-16(12-26-21(20)27-14-28-22)13-31-9-7-17(8-10-31)30-23(32)33-24(2,3)4/h5-6,11-12,14,17H,7-10,13H2,1-4H3,(H,30,32)(H2,26,27,28,29). The first-order valence-corrected chi connectivity index (χ1v) is 12.0. The van der Waals surface area contributed by atoms with Crippen molar-refractivity contribution in [3.8, 4) is 0 Å². The van der Waals surface area contributed by atoms with Gasteiger partial charge in [-0.1, -0.05) is 22.0 Å². The van der Waals surface area contributed by atoms with Crippen molar-refractivity contribution in [2.45, 2.75) is 58.7 Å². The fourth-order valence-electron chi connectivity index (χ4n) is 4.00. The molecule has 0 bridgehead atoms. The molecule has 0 saturated carbocycles. The van der Waals surface area contributed by atoms with Crippen LogP contribution in [0.1, 0.15) is 44.7 Å². The van der Waals surface area contributed by atoms with Gasteiger partial charge in [0.05, 0.1) is 5.39 Å². The van der Waals surface area contributed by atoms with Gasteiger partial charge in [0.25, 0.3) is 0 Å². The molecule has 1 saturated heterocycles. The van der Waals surface area contributed by atoms with Gasteiger partial charge in [0.15, 0.2) is 0 Å². The summed E-state index contributed by atoms with van der Waals surface area (Å²) >= 11 is 3.60. The van der Waals surface area contributed by atoms with E-state index in [4.69, 9.17) is 4.74 Å². The van der Waals surface area contributed by atoms with Crippen LogP contribution in [0.3, 0.4) is 0 Å². The topological polar surface area (TPSA) is 95.2 Å². The fraction of sp³-hybridized carbons (Fsp3) is 0.458. The second-order valence-electron chi connectivity index (χ2n) is 9.55. The van der Waals surface area contributed by atoms with Crippen LogP contribution in [0.25, 0.3) is 11.0 Å². The highest BCUT2D eigenvalue weighted by Gasteiger charge is 2.24. The van der Waals surface area contributed by atoms with Gasteiger partial charge in [-0.2, -0.15) is 0 Å². The smallest absolute Gasteiger partial charge is 0.407 e. The number of hydrogen-bond donors (Lipinski definition) is 3. The molecule has 4 rings (SSSR count). The summed E-state index contributed by atoms with van der Waals surface area (Å²) in [4.78, 5) is 26.7. The lowest BCUT2D eigenvalue weighted by atomic mass is 10.0. The van der Waals surface area contributed by atoms with Crippen molar-refractivity contribution in [2.24, 2.45) is 0 Å². The maximum absolute atomic E-state index is 12.1. The van der Waals surface area contributed by atoms with Crippen LogP contribution in [0.15, 0.2) is 35.2 Å². The molecule has 0 atom stereocenters. The summed E-state index contributed by atoms with van der Waals surface area (Å²) in [5, 5.41) is 7.45. The number of aromatic amines is 1. The number of carbonyl (C=O) groups excluding carboxylic acids is 1. The van der Waals surface area contributed by atoms with E-state index in [0.29, 0.717) is 0 Å². The molecule has 3 heterocycles. The zero-order chi connectivity index (χ0) is 23.6. The fourth-order valence-corrected chi connectivity index (χ4v) is 4.38. The molecule has 176 valence electrons. The minimum atomic E-state index is -0.484. The Morgan fingerprint density at radius 2 is 2.03 bits per heavy atom. The minimum absolute atomic E-state index is 0.139. The number of likely N-dealkylation sites (tertiary alicyclic amines) is 1. The number of carbonyl (C=O) groups is 1. The van der Waals surface area contributed by atoms with Crippen LogP contribution in [0.2, 0.25) is 0 Å². The highest BCUT2D eigenvalue weighted by atomic mass is 79.9. The molecule has 3 N–H and O–H groups in total. The molecule has 0 spiro atoms. The summed E-state index contributed by atoms with van der Waals surface area (Å²) in [7, 11) is 0. The number of ether oxygens (including phenoxy) is 1. The molecule has 33 heavy (non-hydrogen) atoms. The van der Waals surface area contributed by atoms with E-state index < -0.39 is 5.60 Å². The normalized spacial score (nSPS) is 15.5. The first kappa shape index (κ1) is 23.5. The number of alkyl carbamates (subject to hydrolysis) is 1. The van der Waals surface area contributed by atoms with E-state index in [1.807, 2.05) is 33.0 Å². The largest absolute Gasteiger partial charge is 0.444 e. The van der Waals surface area contributed by atoms with Crippen LogP contribution in [-0.4, -0.2) is 50.7 Å². The highest BCUT2D eigenvalue weighted by Crippen LogP contribution is 2.29. The molecular formula is C24H31BrN6O2. The van der Waals surface area contributed by atoms with E-state index in [0.717, 1.165) is 65.1 Å². The van der Waals surface area contributed by atoms with Gasteiger partial charge in [0, 0.05) is 42.0 Å². The average molecular weight is 515 g/mol. The molecule has 1 aliphatic heterocycles. The third-order valence-electron chi connectivity index (χ3n) is 5.69. The molecule has 9 heteroatoms. The molecule has 1 aromatic carbocycles. The van der Waals surface area contributed by atoms with Gasteiger partial charge in [-0.05, 0) is 63.8 Å². The molecule has 2 aromatic heterocycles. The van der Waals surface area contributed by atoms with Crippen LogP contribution < -0.4 is 10.6 Å². The zero-order valence-electron chi connectivity index (χ0n) is 19.5. The number of anilines is 2. The number of amides is 1. The Hall–Kier alpha value is -2.65. The molecule has 0 aliphatic carbocycles. The summed E-state index contributed by atoms with van der Waals surface area (Å²) < 4.78 is 6.44. The number of H-pyrrole nitrogens is 1. The van der Waals surface area contributed by atoms with Gasteiger partial charge in [0.2, 0.25) is 0 Å². The molecular weight excluding hydrogens is 484 g/mol. The van der Waals surface area contributed by atoms with Crippen LogP contribution in [0.4, 0.5) is 16.3 Å². The lowest BCUT2D eigenvalue weighted by Crippen LogP contribution is -2.45. The Balaban J connectivity index is 1.41. The van der Waals surface area contributed by atoms with Crippen molar-refractivity contribution in [1.82, 2.24) is 25.2 Å². The zero-order valence-corrected chi connectivity index (χ0v) is 21.1. The monoisotopic (exact) mass is 514 g/mol. The van der Waals surface area contributed by atoms with E-state index in [-0.39, 0.29) is 12.1 Å². The van der Waals surface area contributed by atoms with Gasteiger partial charge in [-0.15, -0.1) is 0 Å². The number of rotatable bonds is 5. The number of aromatic nitrogens is 3. The summed E-state index contributed by atoms with van der Waals surface area (Å²) in [5.74, 6) is 0.786. The van der Waals surface area contributed by atoms with E-state index in [9.17, 15) is 4.79 Å². The van der Waals surface area contributed by atoms with Crippen LogP contribution in [-0.2, 0) is 11.3 Å².